The van der Waals surface area contributed by atoms with E-state index in [4.69, 9.17) is 16.3 Å². The number of rotatable bonds is 3. The lowest BCUT2D eigenvalue weighted by Gasteiger charge is -2.24. The molecule has 146 valence electrons. The molecular weight excluding hydrogens is 390 g/mol. The molecule has 0 aliphatic carbocycles. The highest BCUT2D eigenvalue weighted by Gasteiger charge is 2.34. The van der Waals surface area contributed by atoms with E-state index in [0.29, 0.717) is 30.5 Å². The quantitative estimate of drug-likeness (QED) is 0.769. The van der Waals surface area contributed by atoms with Gasteiger partial charge in [-0.25, -0.2) is 23.2 Å². The number of carbonyl (C=O) groups excluding carboxylic acids is 1. The molecular formula is C18H22ClN3O4S. The number of sulfone groups is 1. The lowest BCUT2D eigenvalue weighted by molar-refractivity contribution is 0.0289. The Bertz CT molecular complexity index is 972. The van der Waals surface area contributed by atoms with Crippen LogP contribution in [0.4, 0.5) is 4.79 Å². The maximum absolute atomic E-state index is 12.8. The first-order chi connectivity index (χ1) is 12.5. The highest BCUT2D eigenvalue weighted by atomic mass is 35.5. The van der Waals surface area contributed by atoms with Gasteiger partial charge in [-0.2, -0.15) is 0 Å². The van der Waals surface area contributed by atoms with Crippen molar-refractivity contribution in [2.75, 3.05) is 18.8 Å². The summed E-state index contributed by atoms with van der Waals surface area (Å²) >= 11 is 6.09. The zero-order valence-electron chi connectivity index (χ0n) is 15.5. The third kappa shape index (κ3) is 4.68. The average molecular weight is 412 g/mol. The third-order valence-corrected chi connectivity index (χ3v) is 6.35. The second kappa shape index (κ2) is 7.24. The Labute approximate surface area is 163 Å². The Morgan fingerprint density at radius 3 is 2.52 bits per heavy atom. The fraction of sp³-hybridized carbons (Fsp3) is 0.500. The molecule has 7 nitrogen and oxygen atoms in total. The number of aromatic nitrogens is 2. The zero-order valence-corrected chi connectivity index (χ0v) is 17.0. The number of likely N-dealkylation sites (tertiary alicyclic amines) is 1. The molecule has 1 aliphatic rings. The van der Waals surface area contributed by atoms with E-state index in [0.717, 1.165) is 0 Å². The Hall–Kier alpha value is -1.93. The van der Waals surface area contributed by atoms with E-state index in [1.54, 1.807) is 49.9 Å². The molecule has 0 spiro atoms. The van der Waals surface area contributed by atoms with E-state index in [2.05, 4.69) is 9.97 Å². The smallest absolute Gasteiger partial charge is 0.410 e. The molecule has 0 radical (unpaired) electrons. The molecule has 9 heteroatoms. The number of para-hydroxylation sites is 2. The molecule has 1 aromatic heterocycles. The van der Waals surface area contributed by atoms with Crippen LogP contribution in [-0.2, 0) is 14.6 Å². The molecule has 1 amide bonds. The second-order valence-electron chi connectivity index (χ2n) is 7.67. The van der Waals surface area contributed by atoms with Crippen LogP contribution in [0.3, 0.4) is 0 Å². The summed E-state index contributed by atoms with van der Waals surface area (Å²) in [7, 11) is -3.73. The third-order valence-electron chi connectivity index (χ3n) is 4.19. The van der Waals surface area contributed by atoms with Crippen LogP contribution in [-0.4, -0.2) is 53.8 Å². The van der Waals surface area contributed by atoms with Crippen molar-refractivity contribution >= 4 is 38.6 Å². The highest BCUT2D eigenvalue weighted by molar-refractivity contribution is 7.91. The number of amides is 1. The van der Waals surface area contributed by atoms with Crippen LogP contribution >= 0.6 is 11.6 Å². The number of fused-ring (bicyclic) bond motifs is 1. The van der Waals surface area contributed by atoms with Gasteiger partial charge in [-0.05, 0) is 45.2 Å². The van der Waals surface area contributed by atoms with Crippen molar-refractivity contribution in [2.45, 2.75) is 37.8 Å². The number of carbonyl (C=O) groups is 1. The molecule has 3 rings (SSSR count). The standard InChI is InChI=1S/C18H22ClN3O4S/c1-18(2,3)26-17(23)22-9-8-12(10-22)11-27(24,25)16-15(19)20-13-6-4-5-7-14(13)21-16/h4-7,12H,8-11H2,1-3H3/t12-/m0/s1. The molecule has 27 heavy (non-hydrogen) atoms. The number of ether oxygens (including phenoxy) is 1. The van der Waals surface area contributed by atoms with Gasteiger partial charge in [0.2, 0.25) is 0 Å². The molecule has 1 aromatic carbocycles. The van der Waals surface area contributed by atoms with E-state index in [1.165, 1.54) is 0 Å². The first-order valence-corrected chi connectivity index (χ1v) is 10.7. The van der Waals surface area contributed by atoms with E-state index in [1.807, 2.05) is 0 Å². The molecule has 0 unspecified atom stereocenters. The maximum atomic E-state index is 12.8. The molecule has 1 atom stereocenters. The lowest BCUT2D eigenvalue weighted by Crippen LogP contribution is -2.35. The lowest BCUT2D eigenvalue weighted by atomic mass is 10.2. The van der Waals surface area contributed by atoms with Crippen molar-refractivity contribution in [1.82, 2.24) is 14.9 Å². The second-order valence-corrected chi connectivity index (χ2v) is 9.98. The summed E-state index contributed by atoms with van der Waals surface area (Å²) in [5.74, 6) is -0.342. The topological polar surface area (TPSA) is 89.5 Å². The Morgan fingerprint density at radius 2 is 1.89 bits per heavy atom. The number of hydrogen-bond donors (Lipinski definition) is 0. The van der Waals surface area contributed by atoms with E-state index in [-0.39, 0.29) is 21.8 Å². The van der Waals surface area contributed by atoms with Crippen LogP contribution in [0.15, 0.2) is 29.3 Å². The predicted octanol–water partition coefficient (Wildman–Crippen LogP) is 3.31. The monoisotopic (exact) mass is 411 g/mol. The van der Waals surface area contributed by atoms with Gasteiger partial charge in [0, 0.05) is 13.1 Å². The molecule has 0 bridgehead atoms. The fourth-order valence-electron chi connectivity index (χ4n) is 3.01. The summed E-state index contributed by atoms with van der Waals surface area (Å²) in [6.07, 6.45) is 0.155. The van der Waals surface area contributed by atoms with E-state index >= 15 is 0 Å². The molecule has 2 aromatic rings. The minimum absolute atomic E-state index is 0.129. The normalized spacial score (nSPS) is 18.1. The Kier molecular flexibility index (Phi) is 5.31. The van der Waals surface area contributed by atoms with Gasteiger partial charge in [0.25, 0.3) is 0 Å². The van der Waals surface area contributed by atoms with Gasteiger partial charge >= 0.3 is 6.09 Å². The van der Waals surface area contributed by atoms with Crippen LogP contribution in [0.25, 0.3) is 11.0 Å². The fourth-order valence-corrected chi connectivity index (χ4v) is 5.09. The van der Waals surface area contributed by atoms with Crippen molar-refractivity contribution in [1.29, 1.82) is 0 Å². The first kappa shape index (κ1) is 19.8. The van der Waals surface area contributed by atoms with Gasteiger partial charge in [-0.3, -0.25) is 0 Å². The summed E-state index contributed by atoms with van der Waals surface area (Å²) in [5, 5.41) is -0.339. The average Bonchev–Trinajstić information content (AvgIpc) is 3.00. The van der Waals surface area contributed by atoms with Crippen LogP contribution in [0.1, 0.15) is 27.2 Å². The highest BCUT2D eigenvalue weighted by Crippen LogP contribution is 2.26. The summed E-state index contributed by atoms with van der Waals surface area (Å²) < 4.78 is 31.0. The van der Waals surface area contributed by atoms with Crippen molar-refractivity contribution in [3.63, 3.8) is 0 Å². The van der Waals surface area contributed by atoms with Crippen molar-refractivity contribution < 1.29 is 17.9 Å². The Morgan fingerprint density at radius 1 is 1.26 bits per heavy atom. The largest absolute Gasteiger partial charge is 0.444 e. The SMILES string of the molecule is CC(C)(C)OC(=O)N1CC[C@H](CS(=O)(=O)c2nc3ccccc3nc2Cl)C1. The van der Waals surface area contributed by atoms with Crippen molar-refractivity contribution in [3.8, 4) is 0 Å². The van der Waals surface area contributed by atoms with Crippen molar-refractivity contribution in [3.05, 3.63) is 29.4 Å². The number of hydrogen-bond acceptors (Lipinski definition) is 6. The number of nitrogens with zero attached hydrogens (tertiary/aromatic N) is 3. The van der Waals surface area contributed by atoms with Gasteiger partial charge in [-0.15, -0.1) is 0 Å². The maximum Gasteiger partial charge on any atom is 0.410 e. The van der Waals surface area contributed by atoms with Crippen LogP contribution in [0, 0.1) is 5.92 Å². The number of benzene rings is 1. The van der Waals surface area contributed by atoms with Gasteiger partial charge in [0.1, 0.15) is 5.60 Å². The summed E-state index contributed by atoms with van der Waals surface area (Å²) in [4.78, 5) is 22.0. The molecule has 0 N–H and O–H groups in total. The molecule has 1 aliphatic heterocycles. The first-order valence-electron chi connectivity index (χ1n) is 8.68. The molecule has 2 heterocycles. The predicted molar refractivity (Wildman–Crippen MR) is 103 cm³/mol. The molecule has 1 fully saturated rings. The summed E-state index contributed by atoms with van der Waals surface area (Å²) in [5.41, 5.74) is 0.427. The van der Waals surface area contributed by atoms with Crippen LogP contribution in [0.2, 0.25) is 5.15 Å². The van der Waals surface area contributed by atoms with Crippen LogP contribution < -0.4 is 0 Å². The Balaban J connectivity index is 1.74. The molecule has 1 saturated heterocycles. The van der Waals surface area contributed by atoms with E-state index in [9.17, 15) is 13.2 Å². The molecule has 0 saturated carbocycles. The summed E-state index contributed by atoms with van der Waals surface area (Å²) in [6, 6.07) is 6.96. The van der Waals surface area contributed by atoms with Gasteiger partial charge in [0.05, 0.1) is 16.8 Å². The minimum atomic E-state index is -3.73. The van der Waals surface area contributed by atoms with Gasteiger partial charge in [-0.1, -0.05) is 23.7 Å². The van der Waals surface area contributed by atoms with Gasteiger partial charge < -0.3 is 9.64 Å². The van der Waals surface area contributed by atoms with Crippen molar-refractivity contribution in [2.24, 2.45) is 5.92 Å². The summed E-state index contributed by atoms with van der Waals surface area (Å²) in [6.45, 7) is 6.18. The van der Waals surface area contributed by atoms with Gasteiger partial charge in [0.15, 0.2) is 20.0 Å². The zero-order chi connectivity index (χ0) is 19.8. The van der Waals surface area contributed by atoms with E-state index < -0.39 is 21.5 Å². The number of halogens is 1. The minimum Gasteiger partial charge on any atom is -0.444 e. The van der Waals surface area contributed by atoms with Crippen LogP contribution in [0.5, 0.6) is 0 Å².